The molecule has 2 saturated heterocycles. The number of hydrogen-bond donors (Lipinski definition) is 2. The molecule has 2 atom stereocenters. The van der Waals surface area contributed by atoms with Crippen molar-refractivity contribution in [1.29, 1.82) is 0 Å². The Balaban J connectivity index is 1.41. The van der Waals surface area contributed by atoms with Gasteiger partial charge in [0.05, 0.1) is 29.7 Å². The molecule has 3 N–H and O–H groups in total. The highest BCUT2D eigenvalue weighted by atomic mass is 35.5. The molecule has 0 saturated carbocycles. The Kier molecular flexibility index (Phi) is 5.51. The fraction of sp³-hybridized carbons (Fsp3) is 0.588. The summed E-state index contributed by atoms with van der Waals surface area (Å²) in [7, 11) is 0. The quantitative estimate of drug-likeness (QED) is 0.399. The number of hydrogen-bond acceptors (Lipinski definition) is 8. The maximum absolute atomic E-state index is 12.8. The van der Waals surface area contributed by atoms with E-state index in [2.05, 4.69) is 10.1 Å². The van der Waals surface area contributed by atoms with Gasteiger partial charge in [-0.2, -0.15) is 13.2 Å². The van der Waals surface area contributed by atoms with E-state index in [1.165, 1.54) is 0 Å². The number of amides is 1. The molecule has 0 bridgehead atoms. The highest BCUT2D eigenvalue weighted by molar-refractivity contribution is 6.39. The zero-order valence-electron chi connectivity index (χ0n) is 15.6. The van der Waals surface area contributed by atoms with Crippen LogP contribution >= 0.6 is 11.6 Å². The van der Waals surface area contributed by atoms with Crippen molar-refractivity contribution in [2.45, 2.75) is 30.9 Å². The van der Waals surface area contributed by atoms with Crippen LogP contribution in [0.4, 0.5) is 19.0 Å². The molecule has 1 amide bonds. The molecule has 13 heteroatoms. The largest absolute Gasteiger partial charge is 0.417 e. The number of hydrazine groups is 1. The van der Waals surface area contributed by atoms with E-state index in [1.54, 1.807) is 4.90 Å². The summed E-state index contributed by atoms with van der Waals surface area (Å²) in [5, 5.41) is 3.70. The molecule has 1 spiro atoms. The van der Waals surface area contributed by atoms with Gasteiger partial charge in [0.2, 0.25) is 0 Å². The van der Waals surface area contributed by atoms with Crippen molar-refractivity contribution < 1.29 is 32.3 Å². The first-order chi connectivity index (χ1) is 14.2. The maximum atomic E-state index is 12.8. The van der Waals surface area contributed by atoms with Crippen molar-refractivity contribution in [2.24, 2.45) is 16.9 Å². The number of oxime groups is 1. The van der Waals surface area contributed by atoms with Gasteiger partial charge in [0.1, 0.15) is 5.82 Å². The number of nitrogens with one attached hydrogen (secondary N) is 1. The Morgan fingerprint density at radius 3 is 2.63 bits per heavy atom. The summed E-state index contributed by atoms with van der Waals surface area (Å²) < 4.78 is 50.5. The normalized spacial score (nSPS) is 25.9. The van der Waals surface area contributed by atoms with Crippen molar-refractivity contribution in [3.05, 3.63) is 22.8 Å². The number of fused-ring (bicyclic) bond motifs is 1. The van der Waals surface area contributed by atoms with Crippen LogP contribution in [0.15, 0.2) is 17.4 Å². The van der Waals surface area contributed by atoms with Crippen LogP contribution in [0, 0.1) is 5.92 Å². The number of aromatic nitrogens is 1. The number of halogens is 4. The molecule has 4 heterocycles. The Labute approximate surface area is 174 Å². The van der Waals surface area contributed by atoms with Gasteiger partial charge >= 0.3 is 6.18 Å². The number of carbonyl (C=O) groups is 1. The Morgan fingerprint density at radius 1 is 1.30 bits per heavy atom. The molecule has 4 rings (SSSR count). The van der Waals surface area contributed by atoms with Gasteiger partial charge in [-0.05, 0) is 6.07 Å². The molecule has 0 unspecified atom stereocenters. The van der Waals surface area contributed by atoms with Crippen LogP contribution in [0.5, 0.6) is 0 Å². The molecule has 3 aliphatic heterocycles. The highest BCUT2D eigenvalue weighted by Crippen LogP contribution is 2.38. The van der Waals surface area contributed by atoms with E-state index < -0.39 is 35.5 Å². The first kappa shape index (κ1) is 21.1. The molecule has 1 aromatic rings. The second-order valence-corrected chi connectivity index (χ2v) is 7.65. The summed E-state index contributed by atoms with van der Waals surface area (Å²) in [5.41, 5.74) is 1.29. The lowest BCUT2D eigenvalue weighted by atomic mass is 9.98. The first-order valence-corrected chi connectivity index (χ1v) is 9.60. The van der Waals surface area contributed by atoms with E-state index in [1.807, 2.05) is 5.43 Å². The van der Waals surface area contributed by atoms with Crippen LogP contribution in [-0.2, 0) is 25.3 Å². The van der Waals surface area contributed by atoms with Gasteiger partial charge < -0.3 is 19.2 Å². The summed E-state index contributed by atoms with van der Waals surface area (Å²) in [4.78, 5) is 22.8. The fourth-order valence-corrected chi connectivity index (χ4v) is 4.03. The van der Waals surface area contributed by atoms with Crippen molar-refractivity contribution in [2.75, 3.05) is 31.2 Å². The van der Waals surface area contributed by atoms with Crippen LogP contribution in [-0.4, -0.2) is 54.8 Å². The van der Waals surface area contributed by atoms with Crippen LogP contribution in [0.2, 0.25) is 5.02 Å². The number of nitrogens with two attached hydrogens (primary N) is 1. The molecule has 2 fully saturated rings. The first-order valence-electron chi connectivity index (χ1n) is 9.23. The predicted molar refractivity (Wildman–Crippen MR) is 98.5 cm³/mol. The maximum Gasteiger partial charge on any atom is 0.417 e. The number of anilines is 1. The second-order valence-electron chi connectivity index (χ2n) is 7.25. The van der Waals surface area contributed by atoms with Gasteiger partial charge in [-0.3, -0.25) is 10.2 Å². The van der Waals surface area contributed by atoms with Gasteiger partial charge in [0, 0.05) is 32.1 Å². The highest BCUT2D eigenvalue weighted by Gasteiger charge is 2.47. The fourth-order valence-electron chi connectivity index (χ4n) is 3.74. The molecule has 1 aromatic heterocycles. The van der Waals surface area contributed by atoms with Crippen LogP contribution in [0.1, 0.15) is 18.4 Å². The average molecular weight is 450 g/mol. The Morgan fingerprint density at radius 2 is 2.00 bits per heavy atom. The standard InChI is InChI=1S/C17H19ClF3N5O4/c18-11-5-9(17(19,20)21)6-23-14(11)26-3-1-16(2-4-26)28-7-10-12(8-29-16)30-25-13(10)15(27)24-22/h5-6,10,12H,1-4,7-8,22H2,(H,24,27)/t10-,12+/m1/s1. The summed E-state index contributed by atoms with van der Waals surface area (Å²) in [6.07, 6.45) is -3.33. The number of carbonyl (C=O) groups excluding carboxylic acids is 1. The molecule has 0 radical (unpaired) electrons. The van der Waals surface area contributed by atoms with Crippen molar-refractivity contribution in [3.63, 3.8) is 0 Å². The summed E-state index contributed by atoms with van der Waals surface area (Å²) in [6, 6.07) is 0.870. The van der Waals surface area contributed by atoms with Crippen LogP contribution in [0.3, 0.4) is 0 Å². The van der Waals surface area contributed by atoms with Gasteiger partial charge in [0.15, 0.2) is 17.6 Å². The van der Waals surface area contributed by atoms with Gasteiger partial charge in [-0.25, -0.2) is 10.8 Å². The molecule has 0 aliphatic carbocycles. The number of nitrogens with zero attached hydrogens (tertiary/aromatic N) is 3. The minimum Gasteiger partial charge on any atom is -0.389 e. The number of piperidine rings is 1. The number of ether oxygens (including phenoxy) is 2. The molecule has 30 heavy (non-hydrogen) atoms. The Hall–Kier alpha value is -2.15. The van der Waals surface area contributed by atoms with Gasteiger partial charge in [0.25, 0.3) is 5.91 Å². The van der Waals surface area contributed by atoms with Gasteiger partial charge in [-0.15, -0.1) is 0 Å². The molecule has 3 aliphatic rings. The lowest BCUT2D eigenvalue weighted by molar-refractivity contribution is -0.240. The van der Waals surface area contributed by atoms with Crippen molar-refractivity contribution >= 4 is 29.0 Å². The number of pyridine rings is 1. The molecule has 9 nitrogen and oxygen atoms in total. The van der Waals surface area contributed by atoms with Gasteiger partial charge in [-0.1, -0.05) is 16.8 Å². The Bertz CT molecular complexity index is 860. The van der Waals surface area contributed by atoms with E-state index in [9.17, 15) is 18.0 Å². The van der Waals surface area contributed by atoms with E-state index in [0.717, 1.165) is 12.3 Å². The molecular weight excluding hydrogens is 431 g/mol. The third-order valence-electron chi connectivity index (χ3n) is 5.46. The minimum absolute atomic E-state index is 0.0694. The molecular formula is C17H19ClF3N5O4. The predicted octanol–water partition coefficient (Wildman–Crippen LogP) is 1.46. The zero-order chi connectivity index (χ0) is 21.5. The summed E-state index contributed by atoms with van der Waals surface area (Å²) >= 11 is 6.05. The smallest absolute Gasteiger partial charge is 0.389 e. The number of rotatable bonds is 2. The van der Waals surface area contributed by atoms with E-state index in [0.29, 0.717) is 25.9 Å². The minimum atomic E-state index is -4.51. The molecule has 0 aromatic carbocycles. The van der Waals surface area contributed by atoms with Crippen molar-refractivity contribution in [1.82, 2.24) is 10.4 Å². The van der Waals surface area contributed by atoms with E-state index in [-0.39, 0.29) is 29.8 Å². The third kappa shape index (κ3) is 3.92. The van der Waals surface area contributed by atoms with Crippen molar-refractivity contribution in [3.8, 4) is 0 Å². The summed E-state index contributed by atoms with van der Waals surface area (Å²) in [6.45, 7) is 1.17. The van der Waals surface area contributed by atoms with E-state index >= 15 is 0 Å². The average Bonchev–Trinajstić information content (AvgIpc) is 3.05. The second kappa shape index (κ2) is 7.84. The number of alkyl halides is 3. The monoisotopic (exact) mass is 449 g/mol. The van der Waals surface area contributed by atoms with E-state index in [4.69, 9.17) is 31.8 Å². The SMILES string of the molecule is NNC(=O)C1=NO[C@H]2COC3(CCN(c4ncc(C(F)(F)F)cc4Cl)CC3)OC[C@@H]12. The zero-order valence-corrected chi connectivity index (χ0v) is 16.4. The molecule has 164 valence electrons. The lowest BCUT2D eigenvalue weighted by Gasteiger charge is -2.41. The van der Waals surface area contributed by atoms with Crippen LogP contribution in [0.25, 0.3) is 0 Å². The third-order valence-corrected chi connectivity index (χ3v) is 5.74. The lowest BCUT2D eigenvalue weighted by Crippen LogP contribution is -2.48. The topological polar surface area (TPSA) is 111 Å². The van der Waals surface area contributed by atoms with Crippen LogP contribution < -0.4 is 16.2 Å². The summed E-state index contributed by atoms with van der Waals surface area (Å²) in [5.74, 6) is 3.61.